The normalized spacial score (nSPS) is 11.6. The van der Waals surface area contributed by atoms with Crippen LogP contribution in [0.1, 0.15) is 5.01 Å². The lowest BCUT2D eigenvalue weighted by Gasteiger charge is -2.04. The molecule has 0 radical (unpaired) electrons. The molecule has 126 valence electrons. The van der Waals surface area contributed by atoms with Crippen molar-refractivity contribution in [2.45, 2.75) is 6.42 Å². The van der Waals surface area contributed by atoms with Crippen molar-refractivity contribution in [1.82, 2.24) is 4.98 Å². The lowest BCUT2D eigenvalue weighted by atomic mass is 10.1. The van der Waals surface area contributed by atoms with Crippen LogP contribution in [0.15, 0.2) is 29.6 Å². The second-order valence-electron chi connectivity index (χ2n) is 4.93. The van der Waals surface area contributed by atoms with E-state index in [-0.39, 0.29) is 0 Å². The van der Waals surface area contributed by atoms with E-state index in [4.69, 9.17) is 9.47 Å². The van der Waals surface area contributed by atoms with Crippen LogP contribution in [0.3, 0.4) is 0 Å². The number of hydrogen-bond acceptors (Lipinski definition) is 6. The van der Waals surface area contributed by atoms with Crippen LogP contribution in [-0.2, 0) is 25.9 Å². The molecule has 0 amide bonds. The second kappa shape index (κ2) is 8.39. The summed E-state index contributed by atoms with van der Waals surface area (Å²) in [5.74, 6) is 0. The van der Waals surface area contributed by atoms with Gasteiger partial charge < -0.3 is 9.47 Å². The monoisotopic (exact) mass is 356 g/mol. The zero-order chi connectivity index (χ0) is 16.7. The van der Waals surface area contributed by atoms with Crippen molar-refractivity contribution in [3.8, 4) is 11.3 Å². The Bertz CT molecular complexity index is 711. The van der Waals surface area contributed by atoms with Gasteiger partial charge in [-0.05, 0) is 12.1 Å². The van der Waals surface area contributed by atoms with Crippen LogP contribution in [0, 0.1) is 0 Å². The van der Waals surface area contributed by atoms with Gasteiger partial charge in [0.25, 0.3) is 0 Å². The van der Waals surface area contributed by atoms with Crippen LogP contribution >= 0.6 is 11.3 Å². The fourth-order valence-electron chi connectivity index (χ4n) is 1.89. The van der Waals surface area contributed by atoms with Crippen LogP contribution < -0.4 is 4.72 Å². The molecular formula is C15H20N2O4S2. The molecule has 0 saturated heterocycles. The molecule has 1 aromatic carbocycles. The largest absolute Gasteiger partial charge is 0.382 e. The number of nitrogens with one attached hydrogen (secondary N) is 1. The van der Waals surface area contributed by atoms with E-state index in [1.54, 1.807) is 30.6 Å². The van der Waals surface area contributed by atoms with Crippen LogP contribution in [0.4, 0.5) is 5.69 Å². The number of sulfonamides is 1. The highest BCUT2D eigenvalue weighted by Crippen LogP contribution is 2.24. The minimum Gasteiger partial charge on any atom is -0.382 e. The lowest BCUT2D eigenvalue weighted by Crippen LogP contribution is -2.09. The van der Waals surface area contributed by atoms with Gasteiger partial charge in [-0.3, -0.25) is 4.72 Å². The highest BCUT2D eigenvalue weighted by molar-refractivity contribution is 7.92. The van der Waals surface area contributed by atoms with Gasteiger partial charge in [0.1, 0.15) is 0 Å². The van der Waals surface area contributed by atoms with Gasteiger partial charge in [0.05, 0.1) is 36.8 Å². The summed E-state index contributed by atoms with van der Waals surface area (Å²) in [4.78, 5) is 4.57. The summed E-state index contributed by atoms with van der Waals surface area (Å²) >= 11 is 1.59. The highest BCUT2D eigenvalue weighted by Gasteiger charge is 2.06. The van der Waals surface area contributed by atoms with E-state index in [1.165, 1.54) is 0 Å². The van der Waals surface area contributed by atoms with Crippen LogP contribution in [0.5, 0.6) is 0 Å². The van der Waals surface area contributed by atoms with E-state index < -0.39 is 10.0 Å². The van der Waals surface area contributed by atoms with Crippen molar-refractivity contribution in [3.05, 3.63) is 34.7 Å². The van der Waals surface area contributed by atoms with Crippen molar-refractivity contribution in [3.63, 3.8) is 0 Å². The first-order valence-electron chi connectivity index (χ1n) is 7.07. The third-order valence-electron chi connectivity index (χ3n) is 2.93. The van der Waals surface area contributed by atoms with Crippen molar-refractivity contribution in [2.24, 2.45) is 0 Å². The first-order chi connectivity index (χ1) is 11.0. The maximum absolute atomic E-state index is 11.2. The van der Waals surface area contributed by atoms with Gasteiger partial charge in [-0.2, -0.15) is 0 Å². The molecule has 0 spiro atoms. The number of benzene rings is 1. The third-order valence-corrected chi connectivity index (χ3v) is 4.44. The molecule has 0 atom stereocenters. The summed E-state index contributed by atoms with van der Waals surface area (Å²) in [7, 11) is -1.61. The SMILES string of the molecule is COCCOCCc1nc(-c2ccc(NS(C)(=O)=O)cc2)cs1. The molecular weight excluding hydrogens is 336 g/mol. The number of anilines is 1. The van der Waals surface area contributed by atoms with Crippen molar-refractivity contribution < 1.29 is 17.9 Å². The Balaban J connectivity index is 1.92. The first-order valence-corrected chi connectivity index (χ1v) is 9.84. The molecule has 2 aromatic rings. The average molecular weight is 356 g/mol. The maximum Gasteiger partial charge on any atom is 0.229 e. The highest BCUT2D eigenvalue weighted by atomic mass is 32.2. The maximum atomic E-state index is 11.2. The molecule has 0 aliphatic carbocycles. The van der Waals surface area contributed by atoms with E-state index in [0.717, 1.165) is 28.9 Å². The standard InChI is InChI=1S/C15H20N2O4S2/c1-20-9-10-21-8-7-15-16-14(11-22-15)12-3-5-13(6-4-12)17-23(2,18)19/h3-6,11,17H,7-10H2,1-2H3. The van der Waals surface area contributed by atoms with E-state index in [0.29, 0.717) is 25.5 Å². The van der Waals surface area contributed by atoms with Gasteiger partial charge in [-0.15, -0.1) is 11.3 Å². The number of nitrogens with zero attached hydrogens (tertiary/aromatic N) is 1. The minimum atomic E-state index is -3.25. The van der Waals surface area contributed by atoms with Crippen LogP contribution in [0.2, 0.25) is 0 Å². The Morgan fingerprint density at radius 3 is 2.57 bits per heavy atom. The van der Waals surface area contributed by atoms with Gasteiger partial charge in [0, 0.05) is 30.2 Å². The summed E-state index contributed by atoms with van der Waals surface area (Å²) in [6, 6.07) is 7.15. The zero-order valence-electron chi connectivity index (χ0n) is 13.1. The number of ether oxygens (including phenoxy) is 2. The molecule has 23 heavy (non-hydrogen) atoms. The average Bonchev–Trinajstić information content (AvgIpc) is 2.95. The van der Waals surface area contributed by atoms with Crippen LogP contribution in [-0.4, -0.2) is 46.6 Å². The molecule has 0 saturated carbocycles. The van der Waals surface area contributed by atoms with Gasteiger partial charge in [-0.25, -0.2) is 13.4 Å². The molecule has 0 unspecified atom stereocenters. The molecule has 1 N–H and O–H groups in total. The summed E-state index contributed by atoms with van der Waals surface area (Å²) in [5, 5.41) is 3.00. The number of aromatic nitrogens is 1. The van der Waals surface area contributed by atoms with Crippen LogP contribution in [0.25, 0.3) is 11.3 Å². The Hall–Kier alpha value is -1.48. The van der Waals surface area contributed by atoms with Gasteiger partial charge >= 0.3 is 0 Å². The third kappa shape index (κ3) is 6.26. The Morgan fingerprint density at radius 2 is 1.91 bits per heavy atom. The van der Waals surface area contributed by atoms with Gasteiger partial charge in [0.2, 0.25) is 10.0 Å². The molecule has 8 heteroatoms. The van der Waals surface area contributed by atoms with Gasteiger partial charge in [-0.1, -0.05) is 12.1 Å². The molecule has 0 aliphatic heterocycles. The molecule has 1 aromatic heterocycles. The molecule has 1 heterocycles. The quantitative estimate of drug-likeness (QED) is 0.698. The predicted octanol–water partition coefficient (Wildman–Crippen LogP) is 2.39. The molecule has 6 nitrogen and oxygen atoms in total. The smallest absolute Gasteiger partial charge is 0.229 e. The lowest BCUT2D eigenvalue weighted by molar-refractivity contribution is 0.0722. The first kappa shape index (κ1) is 17.9. The summed E-state index contributed by atoms with van der Waals surface area (Å²) in [6.45, 7) is 1.80. The number of thiazole rings is 1. The number of hydrogen-bond donors (Lipinski definition) is 1. The minimum absolute atomic E-state index is 0.540. The molecule has 0 fully saturated rings. The second-order valence-corrected chi connectivity index (χ2v) is 7.62. The van der Waals surface area contributed by atoms with Crippen molar-refractivity contribution in [1.29, 1.82) is 0 Å². The molecule has 0 aliphatic rings. The number of rotatable bonds is 9. The fraction of sp³-hybridized carbons (Fsp3) is 0.400. The Labute approximate surface area is 140 Å². The summed E-state index contributed by atoms with van der Waals surface area (Å²) in [6.07, 6.45) is 1.89. The Kier molecular flexibility index (Phi) is 6.52. The van der Waals surface area contributed by atoms with Crippen molar-refractivity contribution >= 4 is 27.0 Å². The predicted molar refractivity (Wildman–Crippen MR) is 92.4 cm³/mol. The van der Waals surface area contributed by atoms with E-state index >= 15 is 0 Å². The summed E-state index contributed by atoms with van der Waals surface area (Å²) in [5.41, 5.74) is 2.37. The molecule has 0 bridgehead atoms. The Morgan fingerprint density at radius 1 is 1.17 bits per heavy atom. The number of methoxy groups -OCH3 is 1. The van der Waals surface area contributed by atoms with Crippen molar-refractivity contribution in [2.75, 3.05) is 37.9 Å². The zero-order valence-corrected chi connectivity index (χ0v) is 14.7. The molecule has 2 rings (SSSR count). The van der Waals surface area contributed by atoms with E-state index in [1.807, 2.05) is 17.5 Å². The topological polar surface area (TPSA) is 77.5 Å². The van der Waals surface area contributed by atoms with Gasteiger partial charge in [0.15, 0.2) is 0 Å². The fourth-order valence-corrected chi connectivity index (χ4v) is 3.24. The van der Waals surface area contributed by atoms with E-state index in [9.17, 15) is 8.42 Å². The van der Waals surface area contributed by atoms with E-state index in [2.05, 4.69) is 9.71 Å². The summed E-state index contributed by atoms with van der Waals surface area (Å²) < 4.78 is 35.2.